The molecule has 4 amide bonds. The van der Waals surface area contributed by atoms with E-state index in [-0.39, 0.29) is 47.6 Å². The number of carbonyl (C=O) groups is 4. The molecule has 0 unspecified atom stereocenters. The van der Waals surface area contributed by atoms with Crippen LogP contribution in [-0.4, -0.2) is 93.1 Å². The van der Waals surface area contributed by atoms with Crippen LogP contribution in [0.1, 0.15) is 112 Å². The molecule has 0 radical (unpaired) electrons. The van der Waals surface area contributed by atoms with E-state index in [9.17, 15) is 19.2 Å². The van der Waals surface area contributed by atoms with Crippen molar-refractivity contribution < 1.29 is 28.7 Å². The number of methoxy groups -OCH3 is 2. The Hall–Kier alpha value is -5.76. The molecule has 2 aliphatic rings. The maximum atomic E-state index is 13.7. The monoisotopic (exact) mass is 766 g/mol. The van der Waals surface area contributed by atoms with Crippen molar-refractivity contribution in [3.05, 3.63) is 69.8 Å². The number of ether oxygens (including phenoxy) is 2. The maximum absolute atomic E-state index is 13.7. The Morgan fingerprint density at radius 3 is 1.36 bits per heavy atom. The Balaban J connectivity index is 1.27. The van der Waals surface area contributed by atoms with E-state index in [0.29, 0.717) is 36.1 Å². The first-order valence-corrected chi connectivity index (χ1v) is 19.2. The second-order valence-corrected chi connectivity index (χ2v) is 15.7. The summed E-state index contributed by atoms with van der Waals surface area (Å²) in [5.74, 6) is 14.0. The number of carbonyl (C=O) groups excluding carboxylic acids is 4. The van der Waals surface area contributed by atoms with Crippen LogP contribution in [0.15, 0.2) is 24.3 Å². The summed E-state index contributed by atoms with van der Waals surface area (Å²) in [6.07, 6.45) is 0.199. The number of alkyl carbamates (subject to hydrolysis) is 2. The van der Waals surface area contributed by atoms with E-state index in [1.807, 2.05) is 65.8 Å². The zero-order valence-electron chi connectivity index (χ0n) is 34.0. The van der Waals surface area contributed by atoms with Crippen LogP contribution in [0.3, 0.4) is 0 Å². The summed E-state index contributed by atoms with van der Waals surface area (Å²) < 4.78 is 9.53. The zero-order chi connectivity index (χ0) is 40.8. The average molecular weight is 767 g/mol. The lowest BCUT2D eigenvalue weighted by molar-refractivity contribution is -0.136. The highest BCUT2D eigenvalue weighted by Gasteiger charge is 2.41. The Kier molecular flexibility index (Phi) is 13.2. The van der Waals surface area contributed by atoms with Crippen molar-refractivity contribution in [2.45, 2.75) is 92.4 Å². The summed E-state index contributed by atoms with van der Waals surface area (Å²) in [6.45, 7) is 16.7. The van der Waals surface area contributed by atoms with E-state index >= 15 is 0 Å². The predicted octanol–water partition coefficient (Wildman–Crippen LogP) is 5.13. The highest BCUT2D eigenvalue weighted by molar-refractivity contribution is 5.87. The third kappa shape index (κ3) is 9.54. The minimum absolute atomic E-state index is 0.129. The molecule has 2 fully saturated rings. The molecule has 56 heavy (non-hydrogen) atoms. The Morgan fingerprint density at radius 1 is 0.679 bits per heavy atom. The van der Waals surface area contributed by atoms with Crippen LogP contribution in [0, 0.1) is 61.2 Å². The number of aromatic nitrogens is 4. The van der Waals surface area contributed by atoms with Gasteiger partial charge in [0.25, 0.3) is 0 Å². The van der Waals surface area contributed by atoms with Crippen LogP contribution in [0.4, 0.5) is 9.59 Å². The van der Waals surface area contributed by atoms with Crippen molar-refractivity contribution in [1.82, 2.24) is 40.4 Å². The van der Waals surface area contributed by atoms with Gasteiger partial charge in [-0.3, -0.25) is 9.59 Å². The van der Waals surface area contributed by atoms with Gasteiger partial charge in [0.15, 0.2) is 0 Å². The fourth-order valence-electron chi connectivity index (χ4n) is 7.28. The molecule has 14 nitrogen and oxygen atoms in total. The van der Waals surface area contributed by atoms with E-state index in [4.69, 9.17) is 19.4 Å². The van der Waals surface area contributed by atoms with Gasteiger partial charge in [-0.1, -0.05) is 53.4 Å². The number of hydrogen-bond donors (Lipinski definition) is 4. The molecule has 6 atom stereocenters. The van der Waals surface area contributed by atoms with Crippen molar-refractivity contribution in [1.29, 1.82) is 0 Å². The molecule has 4 N–H and O–H groups in total. The lowest BCUT2D eigenvalue weighted by Crippen LogP contribution is -2.51. The Morgan fingerprint density at radius 2 is 1.04 bits per heavy atom. The van der Waals surface area contributed by atoms with Crippen LogP contribution in [0.2, 0.25) is 0 Å². The average Bonchev–Trinajstić information content (AvgIpc) is 3.95. The largest absolute Gasteiger partial charge is 0.453 e. The normalized spacial score (nSPS) is 20.1. The topological polar surface area (TPSA) is 175 Å². The van der Waals surface area contributed by atoms with Crippen LogP contribution in [0.25, 0.3) is 0 Å². The first-order chi connectivity index (χ1) is 26.6. The molecule has 0 spiro atoms. The van der Waals surface area contributed by atoms with Crippen LogP contribution in [-0.2, 0) is 19.1 Å². The summed E-state index contributed by atoms with van der Waals surface area (Å²) in [5, 5.41) is 5.39. The predicted molar refractivity (Wildman–Crippen MR) is 210 cm³/mol. The molecule has 4 heterocycles. The van der Waals surface area contributed by atoms with Gasteiger partial charge < -0.3 is 39.9 Å². The maximum Gasteiger partial charge on any atom is 0.407 e. The van der Waals surface area contributed by atoms with Crippen LogP contribution >= 0.6 is 0 Å². The van der Waals surface area contributed by atoms with Gasteiger partial charge in [0.2, 0.25) is 11.8 Å². The van der Waals surface area contributed by atoms with Gasteiger partial charge in [0, 0.05) is 35.6 Å². The van der Waals surface area contributed by atoms with Gasteiger partial charge in [0.1, 0.15) is 35.1 Å². The molecule has 3 aromatic rings. The molecule has 2 saturated heterocycles. The molecule has 0 saturated carbocycles. The molecule has 5 rings (SSSR count). The molecule has 14 heteroatoms. The quantitative estimate of drug-likeness (QED) is 0.229. The number of aryl methyl sites for hydroxylation is 2. The Bertz CT molecular complexity index is 1900. The molecule has 2 aliphatic heterocycles. The van der Waals surface area contributed by atoms with Crippen molar-refractivity contribution >= 4 is 24.0 Å². The number of nitrogens with zero attached hydrogens (tertiary/aromatic N) is 4. The molecule has 2 aromatic heterocycles. The number of H-pyrrole nitrogens is 2. The summed E-state index contributed by atoms with van der Waals surface area (Å²) in [5.41, 5.74) is 4.40. The number of hydrogen-bond acceptors (Lipinski definition) is 8. The smallest absolute Gasteiger partial charge is 0.407 e. The van der Waals surface area contributed by atoms with Crippen LogP contribution < -0.4 is 10.6 Å². The number of imidazole rings is 2. The number of aromatic amines is 2. The second-order valence-electron chi connectivity index (χ2n) is 15.7. The van der Waals surface area contributed by atoms with Crippen molar-refractivity contribution in [2.24, 2.45) is 23.7 Å². The van der Waals surface area contributed by atoms with Crippen LogP contribution in [0.5, 0.6) is 0 Å². The van der Waals surface area contributed by atoms with E-state index in [1.165, 1.54) is 14.2 Å². The van der Waals surface area contributed by atoms with E-state index < -0.39 is 24.3 Å². The third-order valence-corrected chi connectivity index (χ3v) is 10.3. The molecule has 298 valence electrons. The number of likely N-dealkylation sites (tertiary alicyclic amines) is 2. The number of rotatable bonds is 8. The van der Waals surface area contributed by atoms with Gasteiger partial charge >= 0.3 is 12.2 Å². The molecular formula is C42H54N8O6. The number of benzene rings is 1. The SMILES string of the molecule is COC(=O)N[C@H](C(=O)N1C[C@H](C)C[C@H]1c1nc(C#Cc2ccc(C#Cc3nc([C@@H]4C[C@@H](C)CN4C(=O)[C@@H](NC(=O)OC)C(C)C)[nH]c3C)cc2)c(C)[nH]1)C(C)C. The number of amides is 4. The fourth-order valence-corrected chi connectivity index (χ4v) is 7.28. The van der Waals surface area contributed by atoms with E-state index in [1.54, 1.807) is 9.80 Å². The van der Waals surface area contributed by atoms with E-state index in [2.05, 4.69) is 58.1 Å². The van der Waals surface area contributed by atoms with Gasteiger partial charge in [-0.05, 0) is 86.5 Å². The second kappa shape index (κ2) is 17.8. The van der Waals surface area contributed by atoms with Crippen molar-refractivity contribution in [3.8, 4) is 23.7 Å². The first kappa shape index (κ1) is 41.4. The first-order valence-electron chi connectivity index (χ1n) is 19.2. The summed E-state index contributed by atoms with van der Waals surface area (Å²) >= 11 is 0. The molecule has 0 bridgehead atoms. The fraction of sp³-hybridized carbons (Fsp3) is 0.524. The van der Waals surface area contributed by atoms with Gasteiger partial charge in [-0.2, -0.15) is 0 Å². The summed E-state index contributed by atoms with van der Waals surface area (Å²) in [4.78, 5) is 71.2. The Labute approximate surface area is 329 Å². The third-order valence-electron chi connectivity index (χ3n) is 10.3. The van der Waals surface area contributed by atoms with Crippen molar-refractivity contribution in [3.63, 3.8) is 0 Å². The van der Waals surface area contributed by atoms with Gasteiger partial charge in [-0.15, -0.1) is 0 Å². The molecule has 0 aliphatic carbocycles. The summed E-state index contributed by atoms with van der Waals surface area (Å²) in [7, 11) is 2.56. The standard InChI is InChI=1S/C42H54N8O6/c1-23(2)35(47-41(53)55-9)39(51)49-21-25(5)19-33(49)37-43-27(7)31(45-37)17-15-29-11-13-30(14-12-29)16-18-32-28(8)44-38(46-32)34-20-26(6)22-50(34)40(52)36(24(3)4)48-42(54)56-10/h11-14,23-26,33-36H,19-22H2,1-10H3,(H,43,45)(H,44,46)(H,47,53)(H,48,54)/t25-,26-,33+,34+,35+,36+/m1/s1. The number of nitrogens with one attached hydrogen (secondary N) is 4. The molecule has 1 aromatic carbocycles. The lowest BCUT2D eigenvalue weighted by Gasteiger charge is -2.30. The highest BCUT2D eigenvalue weighted by atomic mass is 16.5. The van der Waals surface area contributed by atoms with Crippen molar-refractivity contribution in [2.75, 3.05) is 27.3 Å². The van der Waals surface area contributed by atoms with Gasteiger partial charge in [-0.25, -0.2) is 19.6 Å². The zero-order valence-corrected chi connectivity index (χ0v) is 34.0. The minimum Gasteiger partial charge on any atom is -0.453 e. The molecular weight excluding hydrogens is 713 g/mol. The van der Waals surface area contributed by atoms with Gasteiger partial charge in [0.05, 0.1) is 26.3 Å². The highest BCUT2D eigenvalue weighted by Crippen LogP contribution is 2.36. The van der Waals surface area contributed by atoms with E-state index in [0.717, 1.165) is 35.4 Å². The lowest BCUT2D eigenvalue weighted by atomic mass is 10.0. The summed E-state index contributed by atoms with van der Waals surface area (Å²) in [6, 6.07) is 5.64. The minimum atomic E-state index is -0.718.